The van der Waals surface area contributed by atoms with Gasteiger partial charge in [0.15, 0.2) is 0 Å². The molecule has 3 rings (SSSR count). The molecule has 1 aromatic carbocycles. The molecule has 2 heterocycles. The number of rotatable bonds is 3. The lowest BCUT2D eigenvalue weighted by Gasteiger charge is -2.22. The molecule has 1 atom stereocenters. The van der Waals surface area contributed by atoms with E-state index in [-0.39, 0.29) is 5.91 Å². The van der Waals surface area contributed by atoms with Gasteiger partial charge < -0.3 is 5.32 Å². The van der Waals surface area contributed by atoms with Crippen LogP contribution in [0, 0.1) is 0 Å². The van der Waals surface area contributed by atoms with Crippen molar-refractivity contribution in [2.75, 3.05) is 0 Å². The van der Waals surface area contributed by atoms with Crippen molar-refractivity contribution in [3.8, 4) is 0 Å². The number of amides is 3. The minimum absolute atomic E-state index is 0.371. The van der Waals surface area contributed by atoms with Crippen LogP contribution in [0.25, 0.3) is 11.0 Å². The maximum atomic E-state index is 12.2. The second-order valence-corrected chi connectivity index (χ2v) is 5.53. The number of aryl methyl sites for hydroxylation is 2. The number of benzene rings is 1. The van der Waals surface area contributed by atoms with Crippen LogP contribution in [0.5, 0.6) is 0 Å². The predicted molar refractivity (Wildman–Crippen MR) is 82.3 cm³/mol. The number of carbonyl (C=O) groups excluding carboxylic acids is 2. The van der Waals surface area contributed by atoms with Gasteiger partial charge in [-0.05, 0) is 25.8 Å². The van der Waals surface area contributed by atoms with Gasteiger partial charge in [-0.3, -0.25) is 10.1 Å². The number of hydrogen-bond acceptors (Lipinski definition) is 4. The van der Waals surface area contributed by atoms with Gasteiger partial charge in [0.05, 0.1) is 22.4 Å². The second kappa shape index (κ2) is 5.05. The van der Waals surface area contributed by atoms with Crippen molar-refractivity contribution in [1.82, 2.24) is 20.6 Å². The van der Waals surface area contributed by atoms with Crippen LogP contribution in [0.1, 0.15) is 37.7 Å². The summed E-state index contributed by atoms with van der Waals surface area (Å²) in [5, 5.41) is 4.97. The molecule has 2 N–H and O–H groups in total. The number of aromatic nitrogens is 2. The quantitative estimate of drug-likeness (QED) is 0.846. The van der Waals surface area contributed by atoms with Crippen LogP contribution in [-0.2, 0) is 23.2 Å². The maximum Gasteiger partial charge on any atom is 0.322 e. The van der Waals surface area contributed by atoms with Crippen molar-refractivity contribution in [2.45, 2.75) is 39.2 Å². The molecule has 1 fully saturated rings. The van der Waals surface area contributed by atoms with E-state index in [0.717, 1.165) is 29.7 Å². The third-order valence-electron chi connectivity index (χ3n) is 4.10. The van der Waals surface area contributed by atoms with E-state index >= 15 is 0 Å². The number of hydrogen-bond donors (Lipinski definition) is 2. The molecule has 6 nitrogen and oxygen atoms in total. The van der Waals surface area contributed by atoms with Crippen molar-refractivity contribution in [2.24, 2.45) is 0 Å². The molecule has 1 unspecified atom stereocenters. The highest BCUT2D eigenvalue weighted by Gasteiger charge is 2.44. The van der Waals surface area contributed by atoms with Gasteiger partial charge >= 0.3 is 6.03 Å². The smallest absolute Gasteiger partial charge is 0.320 e. The summed E-state index contributed by atoms with van der Waals surface area (Å²) in [6, 6.07) is 5.04. The summed E-state index contributed by atoms with van der Waals surface area (Å²) in [5.41, 5.74) is 2.84. The minimum atomic E-state index is -1.12. The summed E-state index contributed by atoms with van der Waals surface area (Å²) in [7, 11) is 0. The number of urea groups is 1. The van der Waals surface area contributed by atoms with Gasteiger partial charge in [-0.25, -0.2) is 14.8 Å². The first-order valence-corrected chi connectivity index (χ1v) is 7.42. The van der Waals surface area contributed by atoms with E-state index in [1.165, 1.54) is 0 Å². The molecule has 2 aromatic rings. The Morgan fingerprint density at radius 2 is 1.77 bits per heavy atom. The minimum Gasteiger partial charge on any atom is -0.320 e. The van der Waals surface area contributed by atoms with E-state index < -0.39 is 11.6 Å². The van der Waals surface area contributed by atoms with Crippen molar-refractivity contribution in [1.29, 1.82) is 0 Å². The highest BCUT2D eigenvalue weighted by molar-refractivity contribution is 6.08. The molecule has 0 aliphatic carbocycles. The standard InChI is InChI=1S/C16H18N4O2/c1-4-10-11(5-2)18-13-9(7-6-8-12(13)17-10)16(3)14(21)19-15(22)20-16/h6-8H,4-5H2,1-3H3,(H2,19,20,21,22). The summed E-state index contributed by atoms with van der Waals surface area (Å²) in [6.45, 7) is 5.76. The topological polar surface area (TPSA) is 84.0 Å². The fraction of sp³-hybridized carbons (Fsp3) is 0.375. The molecule has 1 saturated heterocycles. The third-order valence-corrected chi connectivity index (χ3v) is 4.10. The highest BCUT2D eigenvalue weighted by atomic mass is 16.2. The number of fused-ring (bicyclic) bond motifs is 1. The van der Waals surface area contributed by atoms with Crippen molar-refractivity contribution in [3.63, 3.8) is 0 Å². The van der Waals surface area contributed by atoms with Crippen LogP contribution in [0.2, 0.25) is 0 Å². The van der Waals surface area contributed by atoms with Gasteiger partial charge in [0.25, 0.3) is 5.91 Å². The van der Waals surface area contributed by atoms with Gasteiger partial charge in [0, 0.05) is 5.56 Å². The fourth-order valence-electron chi connectivity index (χ4n) is 2.85. The molecule has 1 aromatic heterocycles. The van der Waals surface area contributed by atoms with E-state index in [4.69, 9.17) is 4.98 Å². The number of carbonyl (C=O) groups is 2. The Morgan fingerprint density at radius 3 is 2.36 bits per heavy atom. The number of nitrogens with one attached hydrogen (secondary N) is 2. The Labute approximate surface area is 128 Å². The zero-order valence-electron chi connectivity index (χ0n) is 12.9. The zero-order chi connectivity index (χ0) is 15.9. The first kappa shape index (κ1) is 14.4. The summed E-state index contributed by atoms with van der Waals surface area (Å²) in [4.78, 5) is 33.1. The average molecular weight is 298 g/mol. The Bertz CT molecular complexity index is 787. The average Bonchev–Trinajstić information content (AvgIpc) is 2.78. The molecule has 0 bridgehead atoms. The maximum absolute atomic E-state index is 12.2. The van der Waals surface area contributed by atoms with Gasteiger partial charge in [-0.1, -0.05) is 26.0 Å². The van der Waals surface area contributed by atoms with Crippen LogP contribution in [-0.4, -0.2) is 21.9 Å². The predicted octanol–water partition coefficient (Wildman–Crippen LogP) is 1.81. The highest BCUT2D eigenvalue weighted by Crippen LogP contribution is 2.30. The molecule has 22 heavy (non-hydrogen) atoms. The van der Waals surface area contributed by atoms with Crippen LogP contribution in [0.15, 0.2) is 18.2 Å². The van der Waals surface area contributed by atoms with Crippen LogP contribution < -0.4 is 10.6 Å². The molecule has 1 aliphatic heterocycles. The van der Waals surface area contributed by atoms with Gasteiger partial charge in [0.1, 0.15) is 5.54 Å². The Morgan fingerprint density at radius 1 is 1.09 bits per heavy atom. The lowest BCUT2D eigenvalue weighted by atomic mass is 9.91. The molecule has 1 aliphatic rings. The fourth-order valence-corrected chi connectivity index (χ4v) is 2.85. The molecule has 0 radical (unpaired) electrons. The summed E-state index contributed by atoms with van der Waals surface area (Å²) in [6.07, 6.45) is 1.58. The summed E-state index contributed by atoms with van der Waals surface area (Å²) < 4.78 is 0. The first-order valence-electron chi connectivity index (χ1n) is 7.42. The van der Waals surface area contributed by atoms with Gasteiger partial charge in [0.2, 0.25) is 0 Å². The first-order chi connectivity index (χ1) is 10.5. The lowest BCUT2D eigenvalue weighted by Crippen LogP contribution is -2.40. The third kappa shape index (κ3) is 2.03. The Kier molecular flexibility index (Phi) is 3.31. The Balaban J connectivity index is 2.27. The molecule has 0 saturated carbocycles. The Hall–Kier alpha value is -2.50. The van der Waals surface area contributed by atoms with E-state index in [1.807, 2.05) is 32.0 Å². The van der Waals surface area contributed by atoms with Crippen molar-refractivity contribution < 1.29 is 9.59 Å². The second-order valence-electron chi connectivity index (χ2n) is 5.53. The van der Waals surface area contributed by atoms with Crippen LogP contribution in [0.3, 0.4) is 0 Å². The molecular weight excluding hydrogens is 280 g/mol. The number of para-hydroxylation sites is 1. The molecule has 3 amide bonds. The molecule has 0 spiro atoms. The van der Waals surface area contributed by atoms with Crippen molar-refractivity contribution >= 4 is 23.0 Å². The van der Waals surface area contributed by atoms with E-state index in [1.54, 1.807) is 6.92 Å². The molecule has 6 heteroatoms. The van der Waals surface area contributed by atoms with E-state index in [9.17, 15) is 9.59 Å². The van der Waals surface area contributed by atoms with Crippen molar-refractivity contribution in [3.05, 3.63) is 35.2 Å². The SMILES string of the molecule is CCc1nc2cccc(C3(C)NC(=O)NC3=O)c2nc1CC. The normalized spacial score (nSPS) is 21.0. The van der Waals surface area contributed by atoms with Gasteiger partial charge in [-0.15, -0.1) is 0 Å². The number of imide groups is 1. The van der Waals surface area contributed by atoms with E-state index in [2.05, 4.69) is 15.6 Å². The zero-order valence-corrected chi connectivity index (χ0v) is 12.9. The van der Waals surface area contributed by atoms with E-state index in [0.29, 0.717) is 11.1 Å². The van der Waals surface area contributed by atoms with Crippen LogP contribution >= 0.6 is 0 Å². The number of nitrogens with zero attached hydrogens (tertiary/aromatic N) is 2. The summed E-state index contributed by atoms with van der Waals surface area (Å²) in [5.74, 6) is -0.371. The summed E-state index contributed by atoms with van der Waals surface area (Å²) >= 11 is 0. The van der Waals surface area contributed by atoms with Gasteiger partial charge in [-0.2, -0.15) is 0 Å². The van der Waals surface area contributed by atoms with Crippen LogP contribution in [0.4, 0.5) is 4.79 Å². The molecule has 114 valence electrons. The largest absolute Gasteiger partial charge is 0.322 e. The molecular formula is C16H18N4O2. The monoisotopic (exact) mass is 298 g/mol. The lowest BCUT2D eigenvalue weighted by molar-refractivity contribution is -0.123.